The molecule has 77 heavy (non-hydrogen) atoms. The Balaban J connectivity index is 1.72. The Bertz CT molecular complexity index is 2120. The van der Waals surface area contributed by atoms with Crippen molar-refractivity contribution in [2.24, 2.45) is 29.4 Å². The van der Waals surface area contributed by atoms with E-state index in [0.717, 1.165) is 49.8 Å². The molecule has 16 atom stereocenters. The smallest absolute Gasteiger partial charge is 0.246 e. The SMILES string of the molecule is CCC(C)CC(C)CCCCCCCCC(=O)NC1CC(O)C(O)NC(=O)C2C(O)CCCCC2C(=O)C(C(O)CC(N)=O)NC(=O)C(C(O)C(O)c2ccc(O)cc2)NC(=O)C2CC(OC)CN2C(=O)C(CC)NC1=O. The fourth-order valence-electron chi connectivity index (χ4n) is 10.7. The topological polar surface area (TPSA) is 377 Å². The molecule has 0 bridgehead atoms. The molecule has 2 saturated heterocycles. The van der Waals surface area contributed by atoms with Gasteiger partial charge in [0.1, 0.15) is 54.3 Å². The number of ketones is 1. The van der Waals surface area contributed by atoms with Crippen LogP contribution in [-0.2, 0) is 43.1 Å². The number of aliphatic hydroxyl groups is 6. The first kappa shape index (κ1) is 64.2. The number of methoxy groups -OCH3 is 1. The number of phenols is 1. The lowest BCUT2D eigenvalue weighted by Crippen LogP contribution is -2.63. The Labute approximate surface area is 451 Å². The van der Waals surface area contributed by atoms with Gasteiger partial charge in [0.05, 0.1) is 30.7 Å². The molecule has 1 aromatic rings. The van der Waals surface area contributed by atoms with E-state index in [4.69, 9.17) is 10.5 Å². The lowest BCUT2D eigenvalue weighted by molar-refractivity contribution is -0.146. The summed E-state index contributed by atoms with van der Waals surface area (Å²) in [5.74, 6) is -10.5. The Morgan fingerprint density at radius 2 is 1.42 bits per heavy atom. The fraction of sp³-hybridized carbons (Fsp3) is 0.741. The van der Waals surface area contributed by atoms with E-state index >= 15 is 0 Å². The van der Waals surface area contributed by atoms with Crippen molar-refractivity contribution >= 4 is 47.1 Å². The molecule has 3 fully saturated rings. The van der Waals surface area contributed by atoms with Gasteiger partial charge in [-0.15, -0.1) is 0 Å². The van der Waals surface area contributed by atoms with Crippen molar-refractivity contribution in [3.8, 4) is 5.75 Å². The van der Waals surface area contributed by atoms with Crippen LogP contribution in [0.2, 0.25) is 0 Å². The molecule has 1 saturated carbocycles. The Hall–Kier alpha value is -5.30. The monoisotopic (exact) mass is 1090 g/mol. The number of ether oxygens (including phenoxy) is 1. The van der Waals surface area contributed by atoms with Crippen LogP contribution in [0.25, 0.3) is 0 Å². The molecular weight excluding hydrogens is 1000 g/mol. The molecule has 1 aliphatic carbocycles. The van der Waals surface area contributed by atoms with Crippen LogP contribution in [-0.4, -0.2) is 168 Å². The van der Waals surface area contributed by atoms with Crippen molar-refractivity contribution in [1.29, 1.82) is 0 Å². The molecule has 1 aromatic carbocycles. The summed E-state index contributed by atoms with van der Waals surface area (Å²) < 4.78 is 5.54. The van der Waals surface area contributed by atoms with Gasteiger partial charge < -0.3 is 77.7 Å². The number of unbranched alkanes of at least 4 members (excludes halogenated alkanes) is 5. The number of benzene rings is 1. The number of fused-ring (bicyclic) bond motifs is 2. The van der Waals surface area contributed by atoms with E-state index in [9.17, 15) is 74.1 Å². The van der Waals surface area contributed by atoms with E-state index in [1.165, 1.54) is 37.8 Å². The Kier molecular flexibility index (Phi) is 26.1. The van der Waals surface area contributed by atoms with Gasteiger partial charge in [-0.3, -0.25) is 38.4 Å². The van der Waals surface area contributed by atoms with Crippen LogP contribution in [0.1, 0.15) is 155 Å². The average molecular weight is 1090 g/mol. The quantitative estimate of drug-likeness (QED) is 0.0727. The van der Waals surface area contributed by atoms with Crippen LogP contribution >= 0.6 is 0 Å². The third-order valence-corrected chi connectivity index (χ3v) is 15.5. The first-order valence-electron chi connectivity index (χ1n) is 27.5. The summed E-state index contributed by atoms with van der Waals surface area (Å²) in [6.07, 6.45) is -5.82. The number of Topliss-reactive ketones (excluding diaryl/α,β-unsaturated/α-hetero) is 1. The Morgan fingerprint density at radius 1 is 0.779 bits per heavy atom. The summed E-state index contributed by atoms with van der Waals surface area (Å²) in [4.78, 5) is 114. The standard InChI is InChI=1S/C54H87N7O16/c1-6-29(3)24-30(4)16-12-10-8-9-11-13-19-42(67)56-36-26-40(65)51(73)60-52(74)43-34(17-14-15-18-38(43)63)47(69)44(39(64)27-41(55)66)58-53(75)45(48(70)46(68)31-20-22-32(62)23-21-31)59-50(72)37-25-33(77-5)28-61(37)54(76)35(7-2)57-49(36)71/h20-23,29-30,33-40,43-46,48,51,62-65,68,70,73H,6-19,24-28H2,1-5H3,(H2,55,66)(H,56,67)(H,57,71)(H,58,75)(H,59,72)(H,60,74). The predicted octanol–water partition coefficient (Wildman–Crippen LogP) is 0.117. The van der Waals surface area contributed by atoms with Crippen molar-refractivity contribution in [2.45, 2.75) is 216 Å². The highest BCUT2D eigenvalue weighted by molar-refractivity contribution is 5.99. The molecule has 23 heteroatoms. The number of rotatable bonds is 21. The number of phenolic OH excluding ortho intramolecular Hbond substituents is 1. The molecule has 23 nitrogen and oxygen atoms in total. The maximum absolute atomic E-state index is 14.8. The second-order valence-corrected chi connectivity index (χ2v) is 21.6. The number of hydrogen-bond acceptors (Lipinski definition) is 16. The van der Waals surface area contributed by atoms with Crippen molar-refractivity contribution in [3.63, 3.8) is 0 Å². The maximum atomic E-state index is 14.8. The Morgan fingerprint density at radius 3 is 2.05 bits per heavy atom. The third-order valence-electron chi connectivity index (χ3n) is 15.5. The normalized spacial score (nSPS) is 29.4. The van der Waals surface area contributed by atoms with E-state index in [2.05, 4.69) is 47.4 Å². The zero-order valence-corrected chi connectivity index (χ0v) is 45.3. The highest BCUT2D eigenvalue weighted by Crippen LogP contribution is 2.33. The first-order valence-corrected chi connectivity index (χ1v) is 27.5. The van der Waals surface area contributed by atoms with Gasteiger partial charge in [-0.05, 0) is 61.6 Å². The summed E-state index contributed by atoms with van der Waals surface area (Å²) in [5.41, 5.74) is 5.36. The number of aromatic hydroxyl groups is 1. The summed E-state index contributed by atoms with van der Waals surface area (Å²) in [6.45, 7) is 8.08. The zero-order valence-electron chi connectivity index (χ0n) is 45.3. The maximum Gasteiger partial charge on any atom is 0.246 e. The number of nitrogens with two attached hydrogens (primary N) is 1. The highest BCUT2D eigenvalue weighted by atomic mass is 16.5. The molecule has 16 unspecified atom stereocenters. The van der Waals surface area contributed by atoms with Gasteiger partial charge in [0, 0.05) is 38.8 Å². The van der Waals surface area contributed by atoms with Gasteiger partial charge in [0.15, 0.2) is 12.0 Å². The zero-order chi connectivity index (χ0) is 57.1. The van der Waals surface area contributed by atoms with Gasteiger partial charge in [0.2, 0.25) is 41.4 Å². The third kappa shape index (κ3) is 18.9. The molecule has 0 spiro atoms. The van der Waals surface area contributed by atoms with E-state index in [1.54, 1.807) is 6.92 Å². The van der Waals surface area contributed by atoms with E-state index in [0.29, 0.717) is 18.3 Å². The van der Waals surface area contributed by atoms with Crippen LogP contribution < -0.4 is 32.3 Å². The van der Waals surface area contributed by atoms with Crippen LogP contribution in [0.3, 0.4) is 0 Å². The number of aliphatic hydroxyl groups excluding tert-OH is 6. The van der Waals surface area contributed by atoms with Gasteiger partial charge in [0.25, 0.3) is 0 Å². The first-order chi connectivity index (χ1) is 36.5. The predicted molar refractivity (Wildman–Crippen MR) is 279 cm³/mol. The number of carbonyl (C=O) groups excluding carboxylic acids is 8. The summed E-state index contributed by atoms with van der Waals surface area (Å²) >= 11 is 0. The van der Waals surface area contributed by atoms with E-state index in [1.807, 2.05) is 0 Å². The summed E-state index contributed by atoms with van der Waals surface area (Å²) in [5, 5.41) is 90.8. The van der Waals surface area contributed by atoms with Gasteiger partial charge in [-0.2, -0.15) is 0 Å². The molecule has 434 valence electrons. The number of carbonyl (C=O) groups is 8. The summed E-state index contributed by atoms with van der Waals surface area (Å²) in [7, 11) is 1.33. The van der Waals surface area contributed by atoms with Crippen molar-refractivity contribution in [2.75, 3.05) is 13.7 Å². The molecule has 0 aromatic heterocycles. The molecule has 3 aliphatic rings. The van der Waals surface area contributed by atoms with E-state index < -0.39 is 145 Å². The van der Waals surface area contributed by atoms with Crippen LogP contribution in [0.4, 0.5) is 0 Å². The number of nitrogens with zero attached hydrogens (tertiary/aromatic N) is 1. The number of amides is 7. The molecule has 14 N–H and O–H groups in total. The molecule has 2 heterocycles. The van der Waals surface area contributed by atoms with E-state index in [-0.39, 0.29) is 62.8 Å². The summed E-state index contributed by atoms with van der Waals surface area (Å²) in [6, 6.07) is -4.08. The number of hydrogen-bond donors (Lipinski definition) is 13. The van der Waals surface area contributed by atoms with Gasteiger partial charge in [-0.25, -0.2) is 0 Å². The van der Waals surface area contributed by atoms with Gasteiger partial charge >= 0.3 is 0 Å². The van der Waals surface area contributed by atoms with Crippen molar-refractivity contribution in [1.82, 2.24) is 31.5 Å². The second kappa shape index (κ2) is 31.3. The van der Waals surface area contributed by atoms with Crippen LogP contribution in [0.15, 0.2) is 24.3 Å². The minimum absolute atomic E-state index is 0.00659. The van der Waals surface area contributed by atoms with Crippen molar-refractivity contribution < 1.29 is 78.8 Å². The second-order valence-electron chi connectivity index (χ2n) is 21.6. The minimum Gasteiger partial charge on any atom is -0.508 e. The highest BCUT2D eigenvalue weighted by Gasteiger charge is 2.48. The minimum atomic E-state index is -2.28. The number of primary amides is 1. The average Bonchev–Trinajstić information content (AvgIpc) is 3.74. The lowest BCUT2D eigenvalue weighted by atomic mass is 9.78. The largest absolute Gasteiger partial charge is 0.508 e. The number of nitrogens with one attached hydrogen (secondary N) is 5. The molecular formula is C54H87N7O16. The van der Waals surface area contributed by atoms with Crippen LogP contribution in [0, 0.1) is 23.7 Å². The van der Waals surface area contributed by atoms with Crippen molar-refractivity contribution in [3.05, 3.63) is 29.8 Å². The van der Waals surface area contributed by atoms with Crippen LogP contribution in [0.5, 0.6) is 5.75 Å². The molecule has 4 rings (SSSR count). The molecule has 7 amide bonds. The fourth-order valence-corrected chi connectivity index (χ4v) is 10.7. The van der Waals surface area contributed by atoms with Gasteiger partial charge in [-0.1, -0.05) is 97.6 Å². The lowest BCUT2D eigenvalue weighted by Gasteiger charge is -2.34. The molecule has 0 radical (unpaired) electrons. The molecule has 2 aliphatic heterocycles.